The number of carbonyl (C=O) groups is 2. The van der Waals surface area contributed by atoms with Crippen LogP contribution in [0.25, 0.3) is 0 Å². The lowest BCUT2D eigenvalue weighted by Gasteiger charge is -2.25. The number of amides is 2. The van der Waals surface area contributed by atoms with Gasteiger partial charge in [-0.1, -0.05) is 6.07 Å². The molecular weight excluding hydrogens is 336 g/mol. The smallest absolute Gasteiger partial charge is 0.243 e. The molecule has 0 aromatic carbocycles. The van der Waals surface area contributed by atoms with E-state index in [9.17, 15) is 9.59 Å². The van der Waals surface area contributed by atoms with Crippen LogP contribution >= 0.6 is 11.3 Å². The average molecular weight is 360 g/mol. The molecule has 0 bridgehead atoms. The van der Waals surface area contributed by atoms with Gasteiger partial charge in [-0.3, -0.25) is 9.59 Å². The van der Waals surface area contributed by atoms with Crippen molar-refractivity contribution in [2.75, 3.05) is 6.54 Å². The van der Waals surface area contributed by atoms with Crippen LogP contribution < -0.4 is 5.32 Å². The molecule has 3 rings (SSSR count). The number of rotatable bonds is 7. The zero-order valence-electron chi connectivity index (χ0n) is 14.4. The van der Waals surface area contributed by atoms with Gasteiger partial charge in [-0.2, -0.15) is 0 Å². The van der Waals surface area contributed by atoms with Crippen molar-refractivity contribution in [2.45, 2.75) is 51.1 Å². The molecule has 5 nitrogen and oxygen atoms in total. The third kappa shape index (κ3) is 4.72. The van der Waals surface area contributed by atoms with Gasteiger partial charge in [0.1, 0.15) is 11.8 Å². The molecule has 1 fully saturated rings. The molecule has 1 saturated heterocycles. The number of hydrogen-bond donors (Lipinski definition) is 1. The number of thiophene rings is 1. The van der Waals surface area contributed by atoms with E-state index in [4.69, 9.17) is 4.42 Å². The first-order chi connectivity index (χ1) is 12.1. The summed E-state index contributed by atoms with van der Waals surface area (Å²) in [6, 6.07) is 7.43. The highest BCUT2D eigenvalue weighted by Gasteiger charge is 2.34. The highest BCUT2D eigenvalue weighted by atomic mass is 32.1. The molecule has 2 amide bonds. The number of nitrogens with zero attached hydrogens (tertiary/aromatic N) is 1. The maximum Gasteiger partial charge on any atom is 0.243 e. The molecule has 0 spiro atoms. The first kappa shape index (κ1) is 17.7. The summed E-state index contributed by atoms with van der Waals surface area (Å²) < 4.78 is 5.32. The monoisotopic (exact) mass is 360 g/mol. The number of nitrogens with one attached hydrogen (secondary N) is 1. The van der Waals surface area contributed by atoms with Crippen molar-refractivity contribution >= 4 is 23.2 Å². The van der Waals surface area contributed by atoms with Crippen molar-refractivity contribution in [3.8, 4) is 0 Å². The van der Waals surface area contributed by atoms with Crippen molar-refractivity contribution in [1.29, 1.82) is 0 Å². The molecule has 25 heavy (non-hydrogen) atoms. The molecule has 0 radical (unpaired) electrons. The first-order valence-electron chi connectivity index (χ1n) is 8.78. The van der Waals surface area contributed by atoms with Crippen LogP contribution in [-0.4, -0.2) is 35.3 Å². The van der Waals surface area contributed by atoms with Crippen LogP contribution in [0.3, 0.4) is 0 Å². The Morgan fingerprint density at radius 3 is 3.00 bits per heavy atom. The minimum absolute atomic E-state index is 0.0380. The third-order valence-corrected chi connectivity index (χ3v) is 5.45. The molecule has 2 aromatic rings. The van der Waals surface area contributed by atoms with Crippen LogP contribution in [0.2, 0.25) is 0 Å². The number of aryl methyl sites for hydroxylation is 1. The van der Waals surface area contributed by atoms with Gasteiger partial charge in [-0.15, -0.1) is 11.3 Å². The maximum absolute atomic E-state index is 12.6. The van der Waals surface area contributed by atoms with E-state index in [0.29, 0.717) is 13.0 Å². The summed E-state index contributed by atoms with van der Waals surface area (Å²) in [4.78, 5) is 27.9. The zero-order valence-corrected chi connectivity index (χ0v) is 15.3. The fourth-order valence-electron chi connectivity index (χ4n) is 3.23. The summed E-state index contributed by atoms with van der Waals surface area (Å²) in [6.07, 6.45) is 5.28. The Labute approximate surface area is 152 Å². The van der Waals surface area contributed by atoms with Gasteiger partial charge in [-0.25, -0.2) is 0 Å². The Morgan fingerprint density at radius 1 is 1.40 bits per heavy atom. The Balaban J connectivity index is 1.50. The van der Waals surface area contributed by atoms with Crippen molar-refractivity contribution in [3.05, 3.63) is 46.5 Å². The number of furan rings is 1. The Kier molecular flexibility index (Phi) is 5.91. The van der Waals surface area contributed by atoms with Crippen LogP contribution in [-0.2, 0) is 22.4 Å². The second-order valence-corrected chi connectivity index (χ2v) is 7.56. The van der Waals surface area contributed by atoms with Crippen LogP contribution in [0.4, 0.5) is 0 Å². The zero-order chi connectivity index (χ0) is 17.6. The summed E-state index contributed by atoms with van der Waals surface area (Å²) in [6.45, 7) is 2.66. The first-order valence-corrected chi connectivity index (χ1v) is 9.66. The minimum atomic E-state index is -0.335. The van der Waals surface area contributed by atoms with Crippen LogP contribution in [0.5, 0.6) is 0 Å². The molecule has 1 N–H and O–H groups in total. The molecular formula is C19H24N2O3S. The van der Waals surface area contributed by atoms with Gasteiger partial charge >= 0.3 is 0 Å². The molecule has 6 heteroatoms. The summed E-state index contributed by atoms with van der Waals surface area (Å²) >= 11 is 1.58. The third-order valence-electron chi connectivity index (χ3n) is 4.57. The van der Waals surface area contributed by atoms with E-state index >= 15 is 0 Å². The van der Waals surface area contributed by atoms with Gasteiger partial charge in [0.25, 0.3) is 0 Å². The molecule has 1 aliphatic rings. The SMILES string of the molecule is CC(CCc1ccco1)NC(=O)C1CCCN1C(=O)Cc1cccs1. The number of carbonyl (C=O) groups excluding carboxylic acids is 2. The lowest BCUT2D eigenvalue weighted by Crippen LogP contribution is -2.48. The van der Waals surface area contributed by atoms with E-state index in [2.05, 4.69) is 5.32 Å². The summed E-state index contributed by atoms with van der Waals surface area (Å²) in [5, 5.41) is 5.03. The van der Waals surface area contributed by atoms with Gasteiger partial charge in [-0.05, 0) is 49.8 Å². The van der Waals surface area contributed by atoms with E-state index in [1.807, 2.05) is 36.6 Å². The second-order valence-electron chi connectivity index (χ2n) is 6.53. The summed E-state index contributed by atoms with van der Waals surface area (Å²) in [5.74, 6) is 0.932. The van der Waals surface area contributed by atoms with Gasteiger partial charge in [0.15, 0.2) is 0 Å². The Morgan fingerprint density at radius 2 is 2.28 bits per heavy atom. The quantitative estimate of drug-likeness (QED) is 0.826. The fourth-order valence-corrected chi connectivity index (χ4v) is 3.92. The molecule has 1 aliphatic heterocycles. The van der Waals surface area contributed by atoms with E-state index in [-0.39, 0.29) is 23.9 Å². The Bertz CT molecular complexity index is 682. The standard InChI is InChI=1S/C19H24N2O3S/c1-14(8-9-15-5-3-11-24-15)20-19(23)17-7-2-10-21(17)18(22)13-16-6-4-12-25-16/h3-6,11-12,14,17H,2,7-10,13H2,1H3,(H,20,23). The summed E-state index contributed by atoms with van der Waals surface area (Å²) in [5.41, 5.74) is 0. The second kappa shape index (κ2) is 8.34. The molecule has 2 atom stereocenters. The lowest BCUT2D eigenvalue weighted by atomic mass is 10.1. The van der Waals surface area contributed by atoms with Gasteiger partial charge < -0.3 is 14.6 Å². The van der Waals surface area contributed by atoms with E-state index in [1.165, 1.54) is 0 Å². The molecule has 2 aromatic heterocycles. The highest BCUT2D eigenvalue weighted by molar-refractivity contribution is 7.10. The van der Waals surface area contributed by atoms with Crippen molar-refractivity contribution in [1.82, 2.24) is 10.2 Å². The predicted octanol–water partition coefficient (Wildman–Crippen LogP) is 3.01. The molecule has 2 unspecified atom stereocenters. The van der Waals surface area contributed by atoms with Crippen LogP contribution in [0, 0.1) is 0 Å². The molecule has 134 valence electrons. The van der Waals surface area contributed by atoms with Gasteiger partial charge in [0.05, 0.1) is 12.7 Å². The van der Waals surface area contributed by atoms with E-state index < -0.39 is 0 Å². The number of hydrogen-bond acceptors (Lipinski definition) is 4. The summed E-state index contributed by atoms with van der Waals surface area (Å²) in [7, 11) is 0. The Hall–Kier alpha value is -2.08. The average Bonchev–Trinajstić information content (AvgIpc) is 3.33. The van der Waals surface area contributed by atoms with Gasteiger partial charge in [0, 0.05) is 23.9 Å². The lowest BCUT2D eigenvalue weighted by molar-refractivity contribution is -0.138. The molecule has 3 heterocycles. The topological polar surface area (TPSA) is 62.6 Å². The van der Waals surface area contributed by atoms with Crippen molar-refractivity contribution in [3.63, 3.8) is 0 Å². The molecule has 0 aliphatic carbocycles. The molecule has 0 saturated carbocycles. The van der Waals surface area contributed by atoms with E-state index in [1.54, 1.807) is 22.5 Å². The maximum atomic E-state index is 12.6. The van der Waals surface area contributed by atoms with E-state index in [0.717, 1.165) is 36.3 Å². The van der Waals surface area contributed by atoms with Gasteiger partial charge in [0.2, 0.25) is 11.8 Å². The fraction of sp³-hybridized carbons (Fsp3) is 0.474. The minimum Gasteiger partial charge on any atom is -0.469 e. The highest BCUT2D eigenvalue weighted by Crippen LogP contribution is 2.20. The normalized spacial score (nSPS) is 18.3. The van der Waals surface area contributed by atoms with Crippen LogP contribution in [0.1, 0.15) is 36.8 Å². The van der Waals surface area contributed by atoms with Crippen molar-refractivity contribution < 1.29 is 14.0 Å². The largest absolute Gasteiger partial charge is 0.469 e. The van der Waals surface area contributed by atoms with Crippen LogP contribution in [0.15, 0.2) is 40.3 Å². The number of likely N-dealkylation sites (tertiary alicyclic amines) is 1. The predicted molar refractivity (Wildman–Crippen MR) is 97.4 cm³/mol. The van der Waals surface area contributed by atoms with Crippen molar-refractivity contribution in [2.24, 2.45) is 0 Å².